The quantitative estimate of drug-likeness (QED) is 0.232. The maximum Gasteiger partial charge on any atom is 0.109 e. The van der Waals surface area contributed by atoms with Crippen molar-refractivity contribution in [2.45, 2.75) is 56.7 Å². The van der Waals surface area contributed by atoms with Crippen molar-refractivity contribution in [2.24, 2.45) is 9.98 Å². The molecule has 6 rings (SSSR count). The van der Waals surface area contributed by atoms with Crippen LogP contribution in [-0.2, 0) is 38.7 Å². The van der Waals surface area contributed by atoms with Crippen LogP contribution in [0.4, 0.5) is 0 Å². The number of aliphatic imine (C=N–C) groups is 2. The summed E-state index contributed by atoms with van der Waals surface area (Å²) in [7, 11) is 0. The molecule has 3 aliphatic rings. The summed E-state index contributed by atoms with van der Waals surface area (Å²) in [5.74, 6) is 0. The minimum Gasteiger partial charge on any atom is -0.683 e. The molecule has 3 aromatic carbocycles. The number of fused-ring (bicyclic) bond motifs is 2. The van der Waals surface area contributed by atoms with Gasteiger partial charge in [-0.25, -0.2) is 0 Å². The number of hydrogen-bond acceptors (Lipinski definition) is 4. The van der Waals surface area contributed by atoms with Crippen molar-refractivity contribution < 1.29 is 36.1 Å². The van der Waals surface area contributed by atoms with Gasteiger partial charge in [0.2, 0.25) is 0 Å². The van der Waals surface area contributed by atoms with Crippen molar-refractivity contribution >= 4 is 17.5 Å². The first-order valence-corrected chi connectivity index (χ1v) is 18.7. The van der Waals surface area contributed by atoms with Crippen molar-refractivity contribution in [1.82, 2.24) is 0 Å². The number of allylic oxidation sites excluding steroid dienone is 10. The number of hydrogen-bond donors (Lipinski definition) is 2. The van der Waals surface area contributed by atoms with Gasteiger partial charge in [0.15, 0.2) is 0 Å². The van der Waals surface area contributed by atoms with Crippen molar-refractivity contribution in [3.8, 4) is 0 Å². The smallest absolute Gasteiger partial charge is 0.109 e. The summed E-state index contributed by atoms with van der Waals surface area (Å²) in [6.45, 7) is 4.86. The van der Waals surface area contributed by atoms with E-state index in [1.54, 1.807) is 13.0 Å². The van der Waals surface area contributed by atoms with E-state index in [1.807, 2.05) is 146 Å². The van der Waals surface area contributed by atoms with Gasteiger partial charge >= 0.3 is 0 Å². The molecule has 0 fully saturated rings. The summed E-state index contributed by atoms with van der Waals surface area (Å²) in [4.78, 5) is 9.50. The minimum absolute atomic E-state index is 0. The molecule has 1 aliphatic heterocycles. The molecule has 54 heavy (non-hydrogen) atoms. The average molecular weight is 883 g/mol. The van der Waals surface area contributed by atoms with Crippen molar-refractivity contribution in [1.29, 1.82) is 0 Å². The fourth-order valence-electron chi connectivity index (χ4n) is 6.13. The normalized spacial score (nSPS) is 17.5. The van der Waals surface area contributed by atoms with E-state index in [1.165, 1.54) is 0 Å². The van der Waals surface area contributed by atoms with Crippen LogP contribution in [0, 0.1) is 0 Å². The Morgan fingerprint density at radius 1 is 0.593 bits per heavy atom. The van der Waals surface area contributed by atoms with Gasteiger partial charge in [-0.1, -0.05) is 159 Å². The zero-order valence-electron chi connectivity index (χ0n) is 31.3. The van der Waals surface area contributed by atoms with Crippen LogP contribution in [0.3, 0.4) is 0 Å². The van der Waals surface area contributed by atoms with Crippen LogP contribution in [0.1, 0.15) is 49.3 Å². The number of aliphatic hydroxyl groups is 2. The number of rotatable bonds is 7. The van der Waals surface area contributed by atoms with Crippen LogP contribution in [-0.4, -0.2) is 59.0 Å². The Balaban J connectivity index is 0.000000236. The molecule has 1 atom stereocenters. The molecule has 2 N–H and O–H groups in total. The summed E-state index contributed by atoms with van der Waals surface area (Å²) < 4.78 is 0. The third-order valence-corrected chi connectivity index (χ3v) is 9.27. The standard InChI is InChI=1S/C25H26O2.C22H26N4.Hf/c1-24(26,18-17-21-11-5-2-6-12-21)25(27,19-22-13-7-3-8-14-22)20-23-15-9-4-10-16-23;1-4-11-19-21(13-6-1)25-17-10-18-26-22-14-7-2-5-12-20(22)24-16-9-3-8-15-23-19;/h2-18,26-27H,19-20H2,1H3;1-2,4-7,11-14H,3,8-10,15-18H2;/q;-2;/b18-17+;;. The molecule has 3 aromatic rings. The van der Waals surface area contributed by atoms with E-state index in [0.717, 1.165) is 91.4 Å². The van der Waals surface area contributed by atoms with Crippen LogP contribution < -0.4 is 0 Å². The van der Waals surface area contributed by atoms with Crippen LogP contribution in [0.2, 0.25) is 0 Å². The van der Waals surface area contributed by atoms with Gasteiger partial charge in [-0.15, -0.1) is 24.5 Å². The maximum atomic E-state index is 11.6. The third kappa shape index (κ3) is 13.8. The molecule has 278 valence electrons. The van der Waals surface area contributed by atoms with E-state index < -0.39 is 11.2 Å². The molecule has 0 radical (unpaired) electrons. The van der Waals surface area contributed by atoms with Crippen molar-refractivity contribution in [3.63, 3.8) is 0 Å². The number of benzene rings is 3. The Bertz CT molecular complexity index is 1810. The topological polar surface area (TPSA) is 93.4 Å². The molecule has 0 spiro atoms. The summed E-state index contributed by atoms with van der Waals surface area (Å²) >= 11 is 0. The Kier molecular flexibility index (Phi) is 17.8. The zero-order valence-corrected chi connectivity index (χ0v) is 34.9. The predicted octanol–water partition coefficient (Wildman–Crippen LogP) is 9.87. The largest absolute Gasteiger partial charge is 0.683 e. The van der Waals surface area contributed by atoms with Gasteiger partial charge in [0, 0.05) is 63.2 Å². The zero-order chi connectivity index (χ0) is 37.0. The molecule has 0 amide bonds. The Morgan fingerprint density at radius 3 is 1.61 bits per heavy atom. The molecule has 0 bridgehead atoms. The van der Waals surface area contributed by atoms with Gasteiger partial charge in [0.05, 0.1) is 0 Å². The molecule has 2 aliphatic carbocycles. The second-order valence-corrected chi connectivity index (χ2v) is 13.6. The van der Waals surface area contributed by atoms with E-state index in [-0.39, 0.29) is 25.8 Å². The van der Waals surface area contributed by atoms with E-state index in [4.69, 9.17) is 20.6 Å². The predicted molar refractivity (Wildman–Crippen MR) is 224 cm³/mol. The molecule has 1 heterocycles. The molecule has 0 aromatic heterocycles. The fourth-order valence-corrected chi connectivity index (χ4v) is 6.13. The monoisotopic (exact) mass is 884 g/mol. The summed E-state index contributed by atoms with van der Waals surface area (Å²) in [5, 5.41) is 32.4. The molecular formula is C47H52HfN4O2-2. The van der Waals surface area contributed by atoms with E-state index in [0.29, 0.717) is 12.8 Å². The minimum atomic E-state index is -1.41. The van der Waals surface area contributed by atoms with Gasteiger partial charge in [-0.2, -0.15) is 0 Å². The molecule has 6 nitrogen and oxygen atoms in total. The van der Waals surface area contributed by atoms with Gasteiger partial charge < -0.3 is 20.8 Å². The van der Waals surface area contributed by atoms with E-state index in [9.17, 15) is 10.2 Å². The van der Waals surface area contributed by atoms with Gasteiger partial charge in [0.1, 0.15) is 11.2 Å². The average Bonchev–Trinajstić information content (AvgIpc) is 3.54. The molecule has 7 heteroatoms. The second-order valence-electron chi connectivity index (χ2n) is 13.6. The van der Waals surface area contributed by atoms with Crippen LogP contribution >= 0.6 is 0 Å². The summed E-state index contributed by atoms with van der Waals surface area (Å²) in [6, 6.07) is 29.4. The van der Waals surface area contributed by atoms with Gasteiger partial charge in [-0.3, -0.25) is 9.98 Å². The van der Waals surface area contributed by atoms with Crippen LogP contribution in [0.25, 0.3) is 16.7 Å². The van der Waals surface area contributed by atoms with Crippen LogP contribution in [0.5, 0.6) is 0 Å². The molecular weight excluding hydrogens is 831 g/mol. The molecule has 0 saturated carbocycles. The third-order valence-electron chi connectivity index (χ3n) is 9.27. The summed E-state index contributed by atoms with van der Waals surface area (Å²) in [5.41, 5.74) is 4.14. The van der Waals surface area contributed by atoms with Gasteiger partial charge in [-0.05, 0) is 54.7 Å². The first-order valence-electron chi connectivity index (χ1n) is 18.7. The van der Waals surface area contributed by atoms with Crippen LogP contribution in [0.15, 0.2) is 179 Å². The van der Waals surface area contributed by atoms with E-state index >= 15 is 0 Å². The summed E-state index contributed by atoms with van der Waals surface area (Å²) in [6.07, 6.45) is 28.8. The second kappa shape index (κ2) is 22.7. The Morgan fingerprint density at radius 2 is 1.07 bits per heavy atom. The maximum absolute atomic E-state index is 11.6. The first kappa shape index (κ1) is 42.3. The van der Waals surface area contributed by atoms with E-state index in [2.05, 4.69) is 12.2 Å². The Labute approximate surface area is 341 Å². The van der Waals surface area contributed by atoms with Crippen molar-refractivity contribution in [3.05, 3.63) is 197 Å². The van der Waals surface area contributed by atoms with Crippen molar-refractivity contribution in [2.75, 3.05) is 26.2 Å². The molecule has 0 saturated heterocycles. The first-order chi connectivity index (χ1) is 25.9. The Hall–Kier alpha value is -4.43. The fraction of sp³-hybridized carbons (Fsp3) is 0.277. The van der Waals surface area contributed by atoms with Gasteiger partial charge in [0.25, 0.3) is 0 Å². The number of nitrogens with zero attached hydrogens (tertiary/aromatic N) is 4. The molecule has 1 unspecified atom stereocenters. The SMILES string of the molecule is C1=CC=C2[N-]CCCCCN=C3C=CC=CC=C3[N-]CCCN=C2C=C1.CC(O)(/C=C/c1ccccc1)C(O)(Cc1ccccc1)Cc1ccccc1.[Hf].